The maximum atomic E-state index is 13.1. The third-order valence-corrected chi connectivity index (χ3v) is 5.04. The zero-order chi connectivity index (χ0) is 18.9. The average molecular weight is 348 g/mol. The first-order valence-electron chi connectivity index (χ1n) is 8.93. The summed E-state index contributed by atoms with van der Waals surface area (Å²) in [7, 11) is 1.75. The van der Waals surface area contributed by atoms with Crippen LogP contribution in [0.5, 0.6) is 0 Å². The molecule has 1 amide bonds. The van der Waals surface area contributed by atoms with Gasteiger partial charge in [-0.25, -0.2) is 4.79 Å². The van der Waals surface area contributed by atoms with Crippen molar-refractivity contribution in [2.75, 3.05) is 13.2 Å². The number of amides is 1. The van der Waals surface area contributed by atoms with E-state index in [1.165, 1.54) is 0 Å². The highest BCUT2D eigenvalue weighted by atomic mass is 16.5. The largest absolute Gasteiger partial charge is 0.461 e. The van der Waals surface area contributed by atoms with E-state index in [0.717, 1.165) is 12.8 Å². The van der Waals surface area contributed by atoms with Crippen molar-refractivity contribution in [2.24, 2.45) is 13.0 Å². The van der Waals surface area contributed by atoms with Crippen LogP contribution in [-0.4, -0.2) is 46.3 Å². The van der Waals surface area contributed by atoms with Crippen LogP contribution in [0.3, 0.4) is 0 Å². The lowest BCUT2D eigenvalue weighted by Crippen LogP contribution is -2.44. The molecule has 25 heavy (non-hydrogen) atoms. The summed E-state index contributed by atoms with van der Waals surface area (Å²) in [5, 5.41) is 0. The zero-order valence-corrected chi connectivity index (χ0v) is 16.0. The van der Waals surface area contributed by atoms with Gasteiger partial charge in [-0.05, 0) is 53.0 Å². The minimum Gasteiger partial charge on any atom is -0.461 e. The lowest BCUT2D eigenvalue weighted by atomic mass is 9.99. The second-order valence-electron chi connectivity index (χ2n) is 6.65. The molecule has 1 aromatic rings. The summed E-state index contributed by atoms with van der Waals surface area (Å²) in [5.74, 6) is -0.431. The Bertz CT molecular complexity index is 701. The molecule has 138 valence electrons. The minimum atomic E-state index is -0.548. The predicted octanol–water partition coefficient (Wildman–Crippen LogP) is 2.65. The first kappa shape index (κ1) is 19.2. The zero-order valence-electron chi connectivity index (χ0n) is 16.0. The highest BCUT2D eigenvalue weighted by Crippen LogP contribution is 2.32. The molecular weight excluding hydrogens is 320 g/mol. The Labute approximate surface area is 149 Å². The molecule has 2 rings (SSSR count). The molecule has 6 heteroatoms. The number of hydrogen-bond acceptors (Lipinski definition) is 4. The molecule has 1 aliphatic carbocycles. The molecular formula is C19H28N2O4. The van der Waals surface area contributed by atoms with Crippen molar-refractivity contribution in [1.29, 1.82) is 0 Å². The molecule has 1 aliphatic rings. The molecule has 1 aromatic heterocycles. The highest BCUT2D eigenvalue weighted by molar-refractivity contribution is 6.06. The Morgan fingerprint density at radius 1 is 1.24 bits per heavy atom. The van der Waals surface area contributed by atoms with Gasteiger partial charge in [-0.15, -0.1) is 0 Å². The monoisotopic (exact) mass is 348 g/mol. The molecule has 0 aliphatic heterocycles. The number of nitrogens with zero attached hydrogens (tertiary/aromatic N) is 2. The SMILES string of the molecule is CCOC(=O)c1c(C)c(C(=O)C(C)N(CC)C(=O)C2CC2)c(C)n1C. The van der Waals surface area contributed by atoms with E-state index in [2.05, 4.69) is 0 Å². The van der Waals surface area contributed by atoms with E-state index in [1.54, 1.807) is 37.3 Å². The molecule has 6 nitrogen and oxygen atoms in total. The predicted molar refractivity (Wildman–Crippen MR) is 94.7 cm³/mol. The standard InChI is InChI=1S/C19H28N2O4/c1-7-21(18(23)14-9-10-14)13(5)17(22)15-11(3)16(19(24)25-8-2)20(6)12(15)4/h13-14H,7-10H2,1-6H3. The molecule has 1 atom stereocenters. The third kappa shape index (κ3) is 3.48. The van der Waals surface area contributed by atoms with Gasteiger partial charge < -0.3 is 14.2 Å². The van der Waals surface area contributed by atoms with Gasteiger partial charge >= 0.3 is 5.97 Å². The van der Waals surface area contributed by atoms with Crippen molar-refractivity contribution in [3.63, 3.8) is 0 Å². The van der Waals surface area contributed by atoms with Gasteiger partial charge in [0.25, 0.3) is 0 Å². The van der Waals surface area contributed by atoms with Crippen molar-refractivity contribution >= 4 is 17.7 Å². The Balaban J connectivity index is 2.36. The molecule has 0 spiro atoms. The van der Waals surface area contributed by atoms with Crippen molar-refractivity contribution in [3.8, 4) is 0 Å². The molecule has 1 saturated carbocycles. The average Bonchev–Trinajstić information content (AvgIpc) is 3.37. The van der Waals surface area contributed by atoms with Crippen LogP contribution in [0.1, 0.15) is 65.7 Å². The summed E-state index contributed by atoms with van der Waals surface area (Å²) in [6.07, 6.45) is 1.82. The van der Waals surface area contributed by atoms with Crippen LogP contribution in [0.25, 0.3) is 0 Å². The van der Waals surface area contributed by atoms with Crippen LogP contribution in [0.4, 0.5) is 0 Å². The molecule has 0 N–H and O–H groups in total. The van der Waals surface area contributed by atoms with Crippen LogP contribution < -0.4 is 0 Å². The van der Waals surface area contributed by atoms with Crippen molar-refractivity contribution in [3.05, 3.63) is 22.5 Å². The summed E-state index contributed by atoms with van der Waals surface area (Å²) >= 11 is 0. The van der Waals surface area contributed by atoms with Crippen LogP contribution in [0, 0.1) is 19.8 Å². The molecule has 0 bridgehead atoms. The normalized spacial score (nSPS) is 15.0. The van der Waals surface area contributed by atoms with Crippen LogP contribution >= 0.6 is 0 Å². The highest BCUT2D eigenvalue weighted by Gasteiger charge is 2.37. The van der Waals surface area contributed by atoms with E-state index < -0.39 is 12.0 Å². The molecule has 1 fully saturated rings. The second kappa shape index (κ2) is 7.42. The van der Waals surface area contributed by atoms with Gasteiger partial charge in [-0.1, -0.05) is 0 Å². The van der Waals surface area contributed by atoms with E-state index in [1.807, 2.05) is 13.8 Å². The van der Waals surface area contributed by atoms with Crippen molar-refractivity contribution < 1.29 is 19.1 Å². The van der Waals surface area contributed by atoms with Gasteiger partial charge in [0.05, 0.1) is 12.6 Å². The lowest BCUT2D eigenvalue weighted by Gasteiger charge is -2.27. The molecule has 0 aromatic carbocycles. The maximum Gasteiger partial charge on any atom is 0.355 e. The number of carbonyl (C=O) groups is 3. The Hall–Kier alpha value is -2.11. The van der Waals surface area contributed by atoms with Crippen molar-refractivity contribution in [1.82, 2.24) is 9.47 Å². The van der Waals surface area contributed by atoms with Crippen LogP contribution in [0.15, 0.2) is 0 Å². The number of rotatable bonds is 7. The fourth-order valence-electron chi connectivity index (χ4n) is 3.37. The van der Waals surface area contributed by atoms with E-state index in [-0.39, 0.29) is 24.2 Å². The van der Waals surface area contributed by atoms with E-state index in [4.69, 9.17) is 4.74 Å². The van der Waals surface area contributed by atoms with Gasteiger partial charge in [0.15, 0.2) is 5.78 Å². The fraction of sp³-hybridized carbons (Fsp3) is 0.632. The number of hydrogen-bond donors (Lipinski definition) is 0. The number of ether oxygens (including phenoxy) is 1. The lowest BCUT2D eigenvalue weighted by molar-refractivity contribution is -0.133. The summed E-state index contributed by atoms with van der Waals surface area (Å²) in [5.41, 5.74) is 2.24. The Morgan fingerprint density at radius 2 is 1.84 bits per heavy atom. The fourth-order valence-corrected chi connectivity index (χ4v) is 3.37. The molecule has 0 saturated heterocycles. The van der Waals surface area contributed by atoms with Gasteiger partial charge in [-0.3, -0.25) is 9.59 Å². The molecule has 1 unspecified atom stereocenters. The number of carbonyl (C=O) groups excluding carboxylic acids is 3. The van der Waals surface area contributed by atoms with Crippen LogP contribution in [0.2, 0.25) is 0 Å². The summed E-state index contributed by atoms with van der Waals surface area (Å²) in [6.45, 7) is 9.76. The van der Waals surface area contributed by atoms with Gasteiger partial charge in [0.1, 0.15) is 5.69 Å². The molecule has 1 heterocycles. The number of Topliss-reactive ketones (excluding diaryl/α,β-unsaturated/α-hetero) is 1. The smallest absolute Gasteiger partial charge is 0.355 e. The number of esters is 1. The summed E-state index contributed by atoms with van der Waals surface area (Å²) in [6, 6.07) is -0.548. The quantitative estimate of drug-likeness (QED) is 0.561. The number of ketones is 1. The van der Waals surface area contributed by atoms with E-state index in [9.17, 15) is 14.4 Å². The van der Waals surface area contributed by atoms with E-state index >= 15 is 0 Å². The number of aromatic nitrogens is 1. The number of likely N-dealkylation sites (N-methyl/N-ethyl adjacent to an activating group) is 1. The second-order valence-corrected chi connectivity index (χ2v) is 6.65. The first-order valence-corrected chi connectivity index (χ1v) is 8.93. The summed E-state index contributed by atoms with van der Waals surface area (Å²) < 4.78 is 6.81. The third-order valence-electron chi connectivity index (χ3n) is 5.04. The summed E-state index contributed by atoms with van der Waals surface area (Å²) in [4.78, 5) is 39.4. The topological polar surface area (TPSA) is 68.6 Å². The molecule has 0 radical (unpaired) electrons. The van der Waals surface area contributed by atoms with Crippen molar-refractivity contribution in [2.45, 2.75) is 53.5 Å². The maximum absolute atomic E-state index is 13.1. The van der Waals surface area contributed by atoms with Gasteiger partial charge in [0.2, 0.25) is 5.91 Å². The first-order chi connectivity index (χ1) is 11.8. The van der Waals surface area contributed by atoms with Gasteiger partial charge in [-0.2, -0.15) is 0 Å². The Kier molecular flexibility index (Phi) is 5.70. The van der Waals surface area contributed by atoms with Gasteiger partial charge in [0, 0.05) is 30.8 Å². The van der Waals surface area contributed by atoms with Crippen LogP contribution in [-0.2, 0) is 16.6 Å². The minimum absolute atomic E-state index is 0.0557. The Morgan fingerprint density at radius 3 is 2.32 bits per heavy atom. The van der Waals surface area contributed by atoms with E-state index in [0.29, 0.717) is 29.1 Å².